The number of carbonyl (C=O) groups excluding carboxylic acids is 3. The van der Waals surface area contributed by atoms with Gasteiger partial charge in [-0.15, -0.1) is 11.6 Å². The van der Waals surface area contributed by atoms with Crippen LogP contribution in [0.3, 0.4) is 0 Å². The summed E-state index contributed by atoms with van der Waals surface area (Å²) in [7, 11) is 0. The third kappa shape index (κ3) is 7.30. The highest BCUT2D eigenvalue weighted by atomic mass is 35.5. The summed E-state index contributed by atoms with van der Waals surface area (Å²) >= 11 is 5.58. The lowest BCUT2D eigenvalue weighted by atomic mass is 10.1. The summed E-state index contributed by atoms with van der Waals surface area (Å²) < 4.78 is 9.47. The first-order chi connectivity index (χ1) is 9.46. The van der Waals surface area contributed by atoms with Crippen LogP contribution < -0.4 is 11.1 Å². The zero-order chi connectivity index (χ0) is 15.5. The molecule has 8 heteroatoms. The molecular formula is C12H21ClN2O5. The van der Waals surface area contributed by atoms with Crippen molar-refractivity contribution in [3.05, 3.63) is 0 Å². The van der Waals surface area contributed by atoms with Crippen LogP contribution in [-0.4, -0.2) is 49.0 Å². The maximum atomic E-state index is 11.6. The molecule has 1 amide bonds. The summed E-state index contributed by atoms with van der Waals surface area (Å²) in [5, 5.41) is 2.42. The van der Waals surface area contributed by atoms with Gasteiger partial charge in [0, 0.05) is 6.42 Å². The molecule has 20 heavy (non-hydrogen) atoms. The van der Waals surface area contributed by atoms with Crippen LogP contribution in [0.25, 0.3) is 0 Å². The fraction of sp³-hybridized carbons (Fsp3) is 0.750. The third-order valence-electron chi connectivity index (χ3n) is 2.33. The smallest absolute Gasteiger partial charge is 0.329 e. The van der Waals surface area contributed by atoms with Crippen molar-refractivity contribution in [3.8, 4) is 0 Å². The maximum Gasteiger partial charge on any atom is 0.329 e. The molecule has 0 rings (SSSR count). The second-order valence-corrected chi connectivity index (χ2v) is 4.23. The molecule has 0 fully saturated rings. The van der Waals surface area contributed by atoms with E-state index in [1.54, 1.807) is 13.8 Å². The van der Waals surface area contributed by atoms with E-state index in [1.165, 1.54) is 0 Å². The molecular weight excluding hydrogens is 288 g/mol. The molecule has 0 spiro atoms. The normalized spacial score (nSPS) is 13.2. The molecule has 0 aliphatic heterocycles. The van der Waals surface area contributed by atoms with E-state index in [0.717, 1.165) is 0 Å². The van der Waals surface area contributed by atoms with Gasteiger partial charge in [0.25, 0.3) is 0 Å². The van der Waals surface area contributed by atoms with Gasteiger partial charge in [-0.25, -0.2) is 4.79 Å². The molecule has 116 valence electrons. The average molecular weight is 309 g/mol. The van der Waals surface area contributed by atoms with E-state index in [1.807, 2.05) is 0 Å². The van der Waals surface area contributed by atoms with Crippen molar-refractivity contribution in [3.63, 3.8) is 0 Å². The average Bonchev–Trinajstić information content (AvgIpc) is 2.42. The summed E-state index contributed by atoms with van der Waals surface area (Å²) in [6.45, 7) is 3.76. The molecule has 0 aromatic carbocycles. The minimum absolute atomic E-state index is 0.00717. The summed E-state index contributed by atoms with van der Waals surface area (Å²) in [6, 6.07) is -1.76. The number of nitrogens with two attached hydrogens (primary N) is 1. The van der Waals surface area contributed by atoms with Crippen LogP contribution in [0.5, 0.6) is 0 Å². The first kappa shape index (κ1) is 18.7. The van der Waals surface area contributed by atoms with Crippen molar-refractivity contribution < 1.29 is 23.9 Å². The lowest BCUT2D eigenvalue weighted by Crippen LogP contribution is -2.44. The van der Waals surface area contributed by atoms with Gasteiger partial charge < -0.3 is 20.5 Å². The van der Waals surface area contributed by atoms with Crippen molar-refractivity contribution in [2.75, 3.05) is 19.1 Å². The Bertz CT molecular complexity index is 338. The van der Waals surface area contributed by atoms with E-state index in [0.29, 0.717) is 0 Å². The molecule has 0 heterocycles. The summed E-state index contributed by atoms with van der Waals surface area (Å²) in [6.07, 6.45) is 0.120. The molecule has 0 aromatic rings. The van der Waals surface area contributed by atoms with Crippen molar-refractivity contribution in [2.24, 2.45) is 5.73 Å². The monoisotopic (exact) mass is 308 g/mol. The predicted molar refractivity (Wildman–Crippen MR) is 73.1 cm³/mol. The van der Waals surface area contributed by atoms with E-state index in [-0.39, 0.29) is 31.9 Å². The number of carbonyl (C=O) groups is 3. The van der Waals surface area contributed by atoms with E-state index < -0.39 is 29.9 Å². The molecule has 0 unspecified atom stereocenters. The highest BCUT2D eigenvalue weighted by Crippen LogP contribution is 2.00. The Labute approximate surface area is 123 Å². The van der Waals surface area contributed by atoms with E-state index >= 15 is 0 Å². The molecule has 0 saturated carbocycles. The van der Waals surface area contributed by atoms with Gasteiger partial charge in [0.1, 0.15) is 12.1 Å². The van der Waals surface area contributed by atoms with E-state index in [4.69, 9.17) is 26.8 Å². The van der Waals surface area contributed by atoms with Crippen LogP contribution in [-0.2, 0) is 23.9 Å². The molecule has 0 bridgehead atoms. The minimum atomic E-state index is -0.900. The number of hydrogen-bond acceptors (Lipinski definition) is 6. The number of esters is 2. The minimum Gasteiger partial charge on any atom is -0.465 e. The van der Waals surface area contributed by atoms with Crippen LogP contribution in [0.2, 0.25) is 0 Å². The Hall–Kier alpha value is -1.34. The molecule has 0 radical (unpaired) electrons. The Kier molecular flexibility index (Phi) is 9.75. The predicted octanol–water partition coefficient (Wildman–Crippen LogP) is -0.0563. The number of nitrogens with one attached hydrogen (secondary N) is 1. The second kappa shape index (κ2) is 10.4. The number of halogens is 1. The number of amides is 1. The van der Waals surface area contributed by atoms with Gasteiger partial charge >= 0.3 is 11.9 Å². The van der Waals surface area contributed by atoms with Crippen molar-refractivity contribution in [2.45, 2.75) is 38.8 Å². The molecule has 0 aliphatic rings. The fourth-order valence-corrected chi connectivity index (χ4v) is 1.53. The van der Waals surface area contributed by atoms with Crippen molar-refractivity contribution >= 4 is 29.4 Å². The SMILES string of the molecule is CCOC(=O)[C@H](CCl)NC(=O)CC[C@H](N)C(=O)OCC. The highest BCUT2D eigenvalue weighted by Gasteiger charge is 2.22. The largest absolute Gasteiger partial charge is 0.465 e. The topological polar surface area (TPSA) is 108 Å². The van der Waals surface area contributed by atoms with Crippen LogP contribution in [0.1, 0.15) is 26.7 Å². The lowest BCUT2D eigenvalue weighted by Gasteiger charge is -2.15. The van der Waals surface area contributed by atoms with Crippen LogP contribution in [0.15, 0.2) is 0 Å². The van der Waals surface area contributed by atoms with Crippen LogP contribution in [0.4, 0.5) is 0 Å². The molecule has 0 aromatic heterocycles. The lowest BCUT2D eigenvalue weighted by molar-refractivity contribution is -0.147. The number of alkyl halides is 1. The third-order valence-corrected chi connectivity index (χ3v) is 2.64. The van der Waals surface area contributed by atoms with Gasteiger partial charge in [-0.2, -0.15) is 0 Å². The van der Waals surface area contributed by atoms with Crippen LogP contribution in [0, 0.1) is 0 Å². The number of hydrogen-bond donors (Lipinski definition) is 2. The van der Waals surface area contributed by atoms with Crippen molar-refractivity contribution in [1.82, 2.24) is 5.32 Å². The molecule has 2 atom stereocenters. The second-order valence-electron chi connectivity index (χ2n) is 3.92. The first-order valence-electron chi connectivity index (χ1n) is 6.40. The molecule has 0 aliphatic carbocycles. The van der Waals surface area contributed by atoms with Gasteiger partial charge in [0.2, 0.25) is 5.91 Å². The van der Waals surface area contributed by atoms with Gasteiger partial charge in [-0.05, 0) is 20.3 Å². The number of ether oxygens (including phenoxy) is 2. The Balaban J connectivity index is 4.14. The van der Waals surface area contributed by atoms with Crippen molar-refractivity contribution in [1.29, 1.82) is 0 Å². The Morgan fingerprint density at radius 3 is 2.20 bits per heavy atom. The quantitative estimate of drug-likeness (QED) is 0.456. The number of rotatable bonds is 9. The molecule has 3 N–H and O–H groups in total. The summed E-state index contributed by atoms with van der Waals surface area (Å²) in [4.78, 5) is 34.3. The molecule has 7 nitrogen and oxygen atoms in total. The Morgan fingerprint density at radius 1 is 1.15 bits per heavy atom. The molecule has 0 saturated heterocycles. The maximum absolute atomic E-state index is 11.6. The summed E-state index contributed by atoms with van der Waals surface area (Å²) in [5.41, 5.74) is 5.55. The first-order valence-corrected chi connectivity index (χ1v) is 6.93. The van der Waals surface area contributed by atoms with Gasteiger partial charge in [0.15, 0.2) is 0 Å². The fourth-order valence-electron chi connectivity index (χ4n) is 1.32. The van der Waals surface area contributed by atoms with Crippen LogP contribution >= 0.6 is 11.6 Å². The summed E-state index contributed by atoms with van der Waals surface area (Å²) in [5.74, 6) is -1.66. The van der Waals surface area contributed by atoms with E-state index in [2.05, 4.69) is 5.32 Å². The van der Waals surface area contributed by atoms with Gasteiger partial charge in [-0.1, -0.05) is 0 Å². The van der Waals surface area contributed by atoms with E-state index in [9.17, 15) is 14.4 Å². The van der Waals surface area contributed by atoms with Gasteiger partial charge in [0.05, 0.1) is 19.1 Å². The Morgan fingerprint density at radius 2 is 1.70 bits per heavy atom. The highest BCUT2D eigenvalue weighted by molar-refractivity contribution is 6.19. The standard InChI is InChI=1S/C12H21ClN2O5/c1-3-19-11(17)8(14)5-6-10(16)15-9(7-13)12(18)20-4-2/h8-9H,3-7,14H2,1-2H3,(H,15,16)/t8-,9-/m0/s1. The zero-order valence-electron chi connectivity index (χ0n) is 11.7. The van der Waals surface area contributed by atoms with Gasteiger partial charge in [-0.3, -0.25) is 9.59 Å². The zero-order valence-corrected chi connectivity index (χ0v) is 12.4.